The normalized spacial score (nSPS) is 22.5. The van der Waals surface area contributed by atoms with Crippen LogP contribution in [0.3, 0.4) is 0 Å². The number of hydrogen-bond donors (Lipinski definition) is 1. The first-order valence-electron chi connectivity index (χ1n) is 8.66. The highest BCUT2D eigenvalue weighted by Crippen LogP contribution is 2.22. The van der Waals surface area contributed by atoms with E-state index in [0.29, 0.717) is 12.3 Å². The molecule has 0 bridgehead atoms. The summed E-state index contributed by atoms with van der Waals surface area (Å²) < 4.78 is 27.1. The van der Waals surface area contributed by atoms with Gasteiger partial charge in [0.2, 0.25) is 10.0 Å². The molecule has 0 aromatic carbocycles. The summed E-state index contributed by atoms with van der Waals surface area (Å²) in [6.45, 7) is 6.77. The molecule has 130 valence electrons. The lowest BCUT2D eigenvalue weighted by Gasteiger charge is -2.19. The Morgan fingerprint density at radius 3 is 2.74 bits per heavy atom. The van der Waals surface area contributed by atoms with Gasteiger partial charge in [0.15, 0.2) is 0 Å². The first-order chi connectivity index (χ1) is 11.0. The van der Waals surface area contributed by atoms with Crippen LogP contribution in [0.15, 0.2) is 24.4 Å². The molecule has 1 N–H and O–H groups in total. The van der Waals surface area contributed by atoms with Crippen LogP contribution in [0.1, 0.15) is 38.8 Å². The maximum absolute atomic E-state index is 12.1. The molecule has 2 rings (SSSR count). The van der Waals surface area contributed by atoms with Crippen molar-refractivity contribution in [1.82, 2.24) is 14.6 Å². The summed E-state index contributed by atoms with van der Waals surface area (Å²) in [6, 6.07) is 6.03. The van der Waals surface area contributed by atoms with Gasteiger partial charge >= 0.3 is 0 Å². The topological polar surface area (TPSA) is 62.3 Å². The van der Waals surface area contributed by atoms with Gasteiger partial charge in [0.25, 0.3) is 0 Å². The van der Waals surface area contributed by atoms with Gasteiger partial charge in [-0.15, -0.1) is 0 Å². The smallest absolute Gasteiger partial charge is 0.211 e. The van der Waals surface area contributed by atoms with Gasteiger partial charge in [0, 0.05) is 44.0 Å². The predicted molar refractivity (Wildman–Crippen MR) is 93.8 cm³/mol. The molecule has 1 aromatic heterocycles. The van der Waals surface area contributed by atoms with E-state index < -0.39 is 10.0 Å². The first kappa shape index (κ1) is 18.4. The van der Waals surface area contributed by atoms with Crippen molar-refractivity contribution in [1.29, 1.82) is 0 Å². The van der Waals surface area contributed by atoms with Crippen LogP contribution in [0.5, 0.6) is 0 Å². The summed E-state index contributed by atoms with van der Waals surface area (Å²) in [4.78, 5) is 6.73. The summed E-state index contributed by atoms with van der Waals surface area (Å²) in [7, 11) is -3.15. The number of nitrogens with zero attached hydrogens (tertiary/aromatic N) is 2. The van der Waals surface area contributed by atoms with Gasteiger partial charge < -0.3 is 4.90 Å². The monoisotopic (exact) mass is 339 g/mol. The number of aromatic nitrogens is 1. The van der Waals surface area contributed by atoms with Crippen LogP contribution in [-0.2, 0) is 16.4 Å². The minimum atomic E-state index is -3.15. The molecule has 0 spiro atoms. The minimum absolute atomic E-state index is 0.0511. The molecule has 0 aliphatic carbocycles. The van der Waals surface area contributed by atoms with Crippen molar-refractivity contribution in [3.8, 4) is 0 Å². The highest BCUT2D eigenvalue weighted by atomic mass is 32.2. The lowest BCUT2D eigenvalue weighted by atomic mass is 9.99. The Kier molecular flexibility index (Phi) is 6.99. The summed E-state index contributed by atoms with van der Waals surface area (Å²) in [5.41, 5.74) is 1.09. The Hall–Kier alpha value is -0.980. The number of nitrogens with one attached hydrogen (secondary N) is 1. The fourth-order valence-corrected chi connectivity index (χ4v) is 4.70. The molecule has 5 nitrogen and oxygen atoms in total. The lowest BCUT2D eigenvalue weighted by molar-refractivity contribution is 0.323. The third kappa shape index (κ3) is 5.86. The van der Waals surface area contributed by atoms with Crippen LogP contribution in [0.25, 0.3) is 0 Å². The largest absolute Gasteiger partial charge is 0.301 e. The van der Waals surface area contributed by atoms with Crippen molar-refractivity contribution in [3.63, 3.8) is 0 Å². The number of pyridine rings is 1. The quantitative estimate of drug-likeness (QED) is 0.748. The van der Waals surface area contributed by atoms with E-state index in [1.807, 2.05) is 31.3 Å². The van der Waals surface area contributed by atoms with Gasteiger partial charge in [-0.3, -0.25) is 4.98 Å². The molecule has 1 aliphatic rings. The van der Waals surface area contributed by atoms with Gasteiger partial charge in [-0.05, 0) is 30.9 Å². The fourth-order valence-electron chi connectivity index (χ4n) is 3.32. The van der Waals surface area contributed by atoms with E-state index in [9.17, 15) is 8.42 Å². The van der Waals surface area contributed by atoms with Crippen molar-refractivity contribution < 1.29 is 8.42 Å². The molecule has 1 saturated heterocycles. The van der Waals surface area contributed by atoms with Gasteiger partial charge in [0.1, 0.15) is 0 Å². The van der Waals surface area contributed by atoms with E-state index in [0.717, 1.165) is 44.6 Å². The standard InChI is InChI=1S/C17H29N3O2S/c1-3-7-15-13-20(11-9-16-8-5-6-10-18-16)14-17(15)19-23(21,22)12-4-2/h5-6,8,10,15,17,19H,3-4,7,9,11-14H2,1-2H3/t15-,17-/m1/s1. The average Bonchev–Trinajstić information content (AvgIpc) is 2.88. The zero-order valence-corrected chi connectivity index (χ0v) is 15.1. The molecule has 2 heterocycles. The van der Waals surface area contributed by atoms with Crippen LogP contribution < -0.4 is 4.72 Å². The van der Waals surface area contributed by atoms with Crippen LogP contribution in [0.4, 0.5) is 0 Å². The van der Waals surface area contributed by atoms with Crippen molar-refractivity contribution in [2.45, 2.75) is 45.6 Å². The molecule has 0 saturated carbocycles. The zero-order chi connectivity index (χ0) is 16.7. The second-order valence-corrected chi connectivity index (χ2v) is 8.30. The first-order valence-corrected chi connectivity index (χ1v) is 10.3. The fraction of sp³-hybridized carbons (Fsp3) is 0.706. The third-order valence-corrected chi connectivity index (χ3v) is 6.00. The van der Waals surface area contributed by atoms with Crippen LogP contribution >= 0.6 is 0 Å². The second kappa shape index (κ2) is 8.76. The molecular weight excluding hydrogens is 310 g/mol. The molecule has 23 heavy (non-hydrogen) atoms. The van der Waals surface area contributed by atoms with Crippen LogP contribution in [0.2, 0.25) is 0 Å². The maximum atomic E-state index is 12.1. The average molecular weight is 340 g/mol. The number of sulfonamides is 1. The highest BCUT2D eigenvalue weighted by molar-refractivity contribution is 7.89. The van der Waals surface area contributed by atoms with Crippen molar-refractivity contribution in [2.24, 2.45) is 5.92 Å². The third-order valence-electron chi connectivity index (χ3n) is 4.39. The second-order valence-electron chi connectivity index (χ2n) is 6.42. The Morgan fingerprint density at radius 2 is 2.09 bits per heavy atom. The van der Waals surface area contributed by atoms with E-state index in [2.05, 4.69) is 21.5 Å². The van der Waals surface area contributed by atoms with Crippen molar-refractivity contribution in [2.75, 3.05) is 25.4 Å². The Bertz CT molecular complexity index is 562. The molecule has 0 unspecified atom stereocenters. The number of likely N-dealkylation sites (tertiary alicyclic amines) is 1. The molecule has 1 fully saturated rings. The highest BCUT2D eigenvalue weighted by Gasteiger charge is 2.34. The Labute approximate surface area is 140 Å². The number of rotatable bonds is 9. The van der Waals surface area contributed by atoms with E-state index >= 15 is 0 Å². The Morgan fingerprint density at radius 1 is 1.26 bits per heavy atom. The van der Waals surface area contributed by atoms with E-state index in [1.54, 1.807) is 0 Å². The minimum Gasteiger partial charge on any atom is -0.301 e. The zero-order valence-electron chi connectivity index (χ0n) is 14.2. The lowest BCUT2D eigenvalue weighted by Crippen LogP contribution is -2.41. The molecule has 1 aromatic rings. The van der Waals surface area contributed by atoms with Crippen molar-refractivity contribution >= 4 is 10.0 Å². The number of hydrogen-bond acceptors (Lipinski definition) is 4. The summed E-state index contributed by atoms with van der Waals surface area (Å²) in [5, 5.41) is 0. The molecule has 0 radical (unpaired) electrons. The van der Waals surface area contributed by atoms with E-state index in [-0.39, 0.29) is 11.8 Å². The predicted octanol–water partition coefficient (Wildman–Crippen LogP) is 2.05. The SMILES string of the molecule is CCC[C@@H]1CN(CCc2ccccn2)C[C@H]1NS(=O)(=O)CCC. The summed E-state index contributed by atoms with van der Waals surface area (Å²) >= 11 is 0. The molecule has 0 amide bonds. The molecule has 6 heteroatoms. The van der Waals surface area contributed by atoms with Gasteiger partial charge in [0.05, 0.1) is 5.75 Å². The van der Waals surface area contributed by atoms with Gasteiger partial charge in [-0.2, -0.15) is 0 Å². The van der Waals surface area contributed by atoms with E-state index in [4.69, 9.17) is 0 Å². The van der Waals surface area contributed by atoms with Gasteiger partial charge in [-0.25, -0.2) is 13.1 Å². The summed E-state index contributed by atoms with van der Waals surface area (Å²) in [6.07, 6.45) is 5.54. The van der Waals surface area contributed by atoms with Crippen molar-refractivity contribution in [3.05, 3.63) is 30.1 Å². The summed E-state index contributed by atoms with van der Waals surface area (Å²) in [5.74, 6) is 0.631. The van der Waals surface area contributed by atoms with Crippen LogP contribution in [-0.4, -0.2) is 49.7 Å². The van der Waals surface area contributed by atoms with E-state index in [1.165, 1.54) is 0 Å². The van der Waals surface area contributed by atoms with Crippen LogP contribution in [0, 0.1) is 5.92 Å². The maximum Gasteiger partial charge on any atom is 0.211 e. The molecule has 2 atom stereocenters. The molecular formula is C17H29N3O2S. The Balaban J connectivity index is 1.91. The van der Waals surface area contributed by atoms with Gasteiger partial charge in [-0.1, -0.05) is 26.3 Å². The molecule has 1 aliphatic heterocycles.